The standard InChI is InChI=1S/C23H27N3O4/c1-16(2)23(29)15-30-12-11-26(23)21-9-5-17(6-10-22(27)28)13-20(21)25-19-7-3-18(14-24)4-8-19/h3-5,7-9,13,16,25,29H,6,10-12,15H2,1-2H3,(H,27,28)/t23-/m1/s1. The number of ether oxygens (including phenoxy) is 1. The zero-order chi connectivity index (χ0) is 21.7. The van der Waals surface area contributed by atoms with Gasteiger partial charge in [0.15, 0.2) is 5.72 Å². The van der Waals surface area contributed by atoms with E-state index in [1.807, 2.05) is 49.1 Å². The molecule has 7 heteroatoms. The highest BCUT2D eigenvalue weighted by molar-refractivity contribution is 5.77. The molecule has 1 fully saturated rings. The van der Waals surface area contributed by atoms with Crippen LogP contribution in [0.5, 0.6) is 0 Å². The average Bonchev–Trinajstić information content (AvgIpc) is 2.73. The van der Waals surface area contributed by atoms with Gasteiger partial charge >= 0.3 is 5.97 Å². The molecule has 1 aliphatic rings. The Kier molecular flexibility index (Phi) is 6.60. The van der Waals surface area contributed by atoms with E-state index in [4.69, 9.17) is 15.1 Å². The first-order chi connectivity index (χ1) is 14.3. The van der Waals surface area contributed by atoms with Crippen LogP contribution in [0.2, 0.25) is 0 Å². The van der Waals surface area contributed by atoms with E-state index >= 15 is 0 Å². The second-order valence-electron chi connectivity index (χ2n) is 7.80. The summed E-state index contributed by atoms with van der Waals surface area (Å²) in [6.45, 7) is 5.16. The van der Waals surface area contributed by atoms with Crippen LogP contribution in [0.25, 0.3) is 0 Å². The number of nitrogens with one attached hydrogen (secondary N) is 1. The van der Waals surface area contributed by atoms with Gasteiger partial charge in [0.05, 0.1) is 36.2 Å². The summed E-state index contributed by atoms with van der Waals surface area (Å²) < 4.78 is 5.56. The largest absolute Gasteiger partial charge is 0.481 e. The number of hydrogen-bond donors (Lipinski definition) is 3. The third kappa shape index (κ3) is 4.73. The van der Waals surface area contributed by atoms with Crippen molar-refractivity contribution in [3.05, 3.63) is 53.6 Å². The van der Waals surface area contributed by atoms with E-state index < -0.39 is 11.7 Å². The highest BCUT2D eigenvalue weighted by Gasteiger charge is 2.41. The number of aryl methyl sites for hydroxylation is 1. The number of hydrogen-bond acceptors (Lipinski definition) is 6. The van der Waals surface area contributed by atoms with Crippen molar-refractivity contribution in [2.24, 2.45) is 5.92 Å². The molecule has 1 aliphatic heterocycles. The summed E-state index contributed by atoms with van der Waals surface area (Å²) in [5.74, 6) is -0.907. The van der Waals surface area contributed by atoms with Crippen LogP contribution in [0.1, 0.15) is 31.4 Å². The molecule has 0 unspecified atom stereocenters. The van der Waals surface area contributed by atoms with Gasteiger partial charge in [-0.3, -0.25) is 4.79 Å². The fourth-order valence-corrected chi connectivity index (χ4v) is 3.57. The summed E-state index contributed by atoms with van der Waals surface area (Å²) >= 11 is 0. The Hall–Kier alpha value is -3.08. The summed E-state index contributed by atoms with van der Waals surface area (Å²) in [7, 11) is 0. The summed E-state index contributed by atoms with van der Waals surface area (Å²) in [6.07, 6.45) is 0.457. The molecule has 2 aromatic carbocycles. The molecule has 1 atom stereocenters. The lowest BCUT2D eigenvalue weighted by Crippen LogP contribution is -2.60. The Bertz CT molecular complexity index is 936. The van der Waals surface area contributed by atoms with Gasteiger partial charge < -0.3 is 25.2 Å². The molecular weight excluding hydrogens is 382 g/mol. The topological polar surface area (TPSA) is 106 Å². The maximum atomic E-state index is 11.3. The van der Waals surface area contributed by atoms with Crippen molar-refractivity contribution < 1.29 is 19.7 Å². The SMILES string of the molecule is CC(C)[C@]1(O)COCCN1c1ccc(CCC(=O)O)cc1Nc1ccc(C#N)cc1. The highest BCUT2D eigenvalue weighted by Crippen LogP contribution is 2.37. The summed E-state index contributed by atoms with van der Waals surface area (Å²) in [4.78, 5) is 12.9. The van der Waals surface area contributed by atoms with Crippen LogP contribution in [0, 0.1) is 17.2 Å². The molecule has 3 rings (SSSR count). The van der Waals surface area contributed by atoms with E-state index in [1.165, 1.54) is 0 Å². The summed E-state index contributed by atoms with van der Waals surface area (Å²) in [5, 5.41) is 32.7. The minimum absolute atomic E-state index is 0.0448. The normalized spacial score (nSPS) is 18.8. The van der Waals surface area contributed by atoms with Crippen molar-refractivity contribution in [1.29, 1.82) is 5.26 Å². The van der Waals surface area contributed by atoms with Crippen LogP contribution in [-0.4, -0.2) is 41.7 Å². The van der Waals surface area contributed by atoms with Crippen LogP contribution in [0.15, 0.2) is 42.5 Å². The maximum absolute atomic E-state index is 11.3. The Morgan fingerprint density at radius 1 is 1.30 bits per heavy atom. The monoisotopic (exact) mass is 409 g/mol. The van der Waals surface area contributed by atoms with Crippen LogP contribution in [0.3, 0.4) is 0 Å². The third-order valence-corrected chi connectivity index (χ3v) is 5.44. The molecule has 30 heavy (non-hydrogen) atoms. The molecule has 2 aromatic rings. The number of carboxylic acids is 1. The van der Waals surface area contributed by atoms with E-state index in [2.05, 4.69) is 11.4 Å². The number of anilines is 3. The van der Waals surface area contributed by atoms with Gasteiger partial charge in [0, 0.05) is 24.6 Å². The molecule has 0 aromatic heterocycles. The molecule has 7 nitrogen and oxygen atoms in total. The van der Waals surface area contributed by atoms with Crippen molar-refractivity contribution in [2.45, 2.75) is 32.4 Å². The summed E-state index contributed by atoms with van der Waals surface area (Å²) in [6, 6.07) is 14.9. The Morgan fingerprint density at radius 2 is 2.03 bits per heavy atom. The molecule has 0 spiro atoms. The number of carbonyl (C=O) groups is 1. The lowest BCUT2D eigenvalue weighted by atomic mass is 9.95. The average molecular weight is 409 g/mol. The van der Waals surface area contributed by atoms with Gasteiger partial charge in [-0.05, 0) is 48.4 Å². The second-order valence-corrected chi connectivity index (χ2v) is 7.80. The molecule has 0 saturated carbocycles. The van der Waals surface area contributed by atoms with Gasteiger partial charge in [0.1, 0.15) is 0 Å². The first-order valence-electron chi connectivity index (χ1n) is 10.0. The molecule has 1 saturated heterocycles. The van der Waals surface area contributed by atoms with E-state index in [0.29, 0.717) is 25.1 Å². The number of carboxylic acid groups (broad SMARTS) is 1. The predicted molar refractivity (Wildman–Crippen MR) is 115 cm³/mol. The van der Waals surface area contributed by atoms with Crippen LogP contribution in [-0.2, 0) is 16.0 Å². The lowest BCUT2D eigenvalue weighted by Gasteiger charge is -2.47. The first kappa shape index (κ1) is 21.6. The minimum Gasteiger partial charge on any atom is -0.481 e. The highest BCUT2D eigenvalue weighted by atomic mass is 16.5. The van der Waals surface area contributed by atoms with E-state index in [0.717, 1.165) is 22.6 Å². The Morgan fingerprint density at radius 3 is 2.67 bits per heavy atom. The summed E-state index contributed by atoms with van der Waals surface area (Å²) in [5.41, 5.74) is 2.69. The molecule has 0 aliphatic carbocycles. The van der Waals surface area contributed by atoms with E-state index in [9.17, 15) is 9.90 Å². The van der Waals surface area contributed by atoms with E-state index in [-0.39, 0.29) is 18.9 Å². The van der Waals surface area contributed by atoms with Crippen molar-refractivity contribution in [3.8, 4) is 6.07 Å². The molecule has 0 amide bonds. The lowest BCUT2D eigenvalue weighted by molar-refractivity contribution is -0.136. The number of nitrogens with zero attached hydrogens (tertiary/aromatic N) is 2. The van der Waals surface area contributed by atoms with Gasteiger partial charge in [-0.25, -0.2) is 0 Å². The van der Waals surface area contributed by atoms with Crippen molar-refractivity contribution in [3.63, 3.8) is 0 Å². The molecule has 0 bridgehead atoms. The molecule has 1 heterocycles. The van der Waals surface area contributed by atoms with Crippen LogP contribution in [0.4, 0.5) is 17.1 Å². The van der Waals surface area contributed by atoms with Crippen molar-refractivity contribution in [2.75, 3.05) is 30.0 Å². The van der Waals surface area contributed by atoms with Crippen molar-refractivity contribution >= 4 is 23.0 Å². The fourth-order valence-electron chi connectivity index (χ4n) is 3.57. The molecule has 0 radical (unpaired) electrons. The number of benzene rings is 2. The maximum Gasteiger partial charge on any atom is 0.303 e. The number of rotatable bonds is 7. The molecule has 158 valence electrons. The molecule has 3 N–H and O–H groups in total. The zero-order valence-electron chi connectivity index (χ0n) is 17.3. The van der Waals surface area contributed by atoms with Crippen LogP contribution < -0.4 is 10.2 Å². The van der Waals surface area contributed by atoms with Crippen molar-refractivity contribution in [1.82, 2.24) is 0 Å². The fraction of sp³-hybridized carbons (Fsp3) is 0.391. The Balaban J connectivity index is 2.00. The smallest absolute Gasteiger partial charge is 0.303 e. The third-order valence-electron chi connectivity index (χ3n) is 5.44. The number of nitriles is 1. The number of aliphatic hydroxyl groups is 1. The molecular formula is C23H27N3O4. The number of morpholine rings is 1. The first-order valence-corrected chi connectivity index (χ1v) is 10.0. The van der Waals surface area contributed by atoms with Gasteiger partial charge in [-0.1, -0.05) is 19.9 Å². The minimum atomic E-state index is -1.15. The van der Waals surface area contributed by atoms with Gasteiger partial charge in [0.2, 0.25) is 0 Å². The zero-order valence-corrected chi connectivity index (χ0v) is 17.3. The second kappa shape index (κ2) is 9.16. The van der Waals surface area contributed by atoms with Crippen LogP contribution >= 0.6 is 0 Å². The predicted octanol–water partition coefficient (Wildman–Crippen LogP) is 3.50. The van der Waals surface area contributed by atoms with Gasteiger partial charge in [0.25, 0.3) is 0 Å². The Labute approximate surface area is 176 Å². The van der Waals surface area contributed by atoms with E-state index in [1.54, 1.807) is 12.1 Å². The van der Waals surface area contributed by atoms with Gasteiger partial charge in [-0.15, -0.1) is 0 Å². The quantitative estimate of drug-likeness (QED) is 0.643. The van der Waals surface area contributed by atoms with Gasteiger partial charge in [-0.2, -0.15) is 5.26 Å². The number of aliphatic carboxylic acids is 1.